The van der Waals surface area contributed by atoms with Gasteiger partial charge in [0.2, 0.25) is 0 Å². The maximum atomic E-state index is 4.48. The molecule has 1 nitrogen and oxygen atoms in total. The third-order valence-electron chi connectivity index (χ3n) is 2.67. The first kappa shape index (κ1) is 12.6. The Bertz CT molecular complexity index is 299. The summed E-state index contributed by atoms with van der Waals surface area (Å²) in [4.78, 5) is 3.55. The van der Waals surface area contributed by atoms with Crippen molar-refractivity contribution in [2.45, 2.75) is 51.2 Å². The zero-order valence-electron chi connectivity index (χ0n) is 10.1. The standard InChI is InChI=1S/C13H21NS/c1-10(2)14(11(3)4)9-12-7-5-6-8-13(12)15/h5-8,10-11,15H,9H2,1-4H3. The fourth-order valence-corrected chi connectivity index (χ4v) is 2.03. The van der Waals surface area contributed by atoms with E-state index in [1.165, 1.54) is 5.56 Å². The SMILES string of the molecule is CC(C)N(Cc1ccccc1S)C(C)C. The number of nitrogens with zero attached hydrogens (tertiary/aromatic N) is 1. The fraction of sp³-hybridized carbons (Fsp3) is 0.538. The van der Waals surface area contributed by atoms with Crippen molar-refractivity contribution < 1.29 is 0 Å². The smallest absolute Gasteiger partial charge is 0.0250 e. The maximum absolute atomic E-state index is 4.48. The van der Waals surface area contributed by atoms with Crippen LogP contribution in [0.2, 0.25) is 0 Å². The summed E-state index contributed by atoms with van der Waals surface area (Å²) >= 11 is 4.48. The first-order chi connectivity index (χ1) is 7.02. The molecule has 1 rings (SSSR count). The molecule has 0 saturated heterocycles. The molecule has 0 aliphatic rings. The predicted molar refractivity (Wildman–Crippen MR) is 69.5 cm³/mol. The van der Waals surface area contributed by atoms with Crippen LogP contribution in [-0.4, -0.2) is 17.0 Å². The topological polar surface area (TPSA) is 3.24 Å². The minimum atomic E-state index is 0.568. The Morgan fingerprint density at radius 1 is 1.07 bits per heavy atom. The largest absolute Gasteiger partial charge is 0.294 e. The van der Waals surface area contributed by atoms with Gasteiger partial charge in [0, 0.05) is 23.5 Å². The Balaban J connectivity index is 2.79. The molecule has 84 valence electrons. The summed E-state index contributed by atoms with van der Waals surface area (Å²) in [5.74, 6) is 0. The van der Waals surface area contributed by atoms with E-state index in [9.17, 15) is 0 Å². The molecular formula is C13H21NS. The van der Waals surface area contributed by atoms with Crippen LogP contribution in [0.15, 0.2) is 29.2 Å². The fourth-order valence-electron chi connectivity index (χ4n) is 1.80. The molecule has 15 heavy (non-hydrogen) atoms. The highest BCUT2D eigenvalue weighted by Crippen LogP contribution is 2.18. The van der Waals surface area contributed by atoms with E-state index in [0.29, 0.717) is 12.1 Å². The molecule has 0 N–H and O–H groups in total. The maximum Gasteiger partial charge on any atom is 0.0250 e. The van der Waals surface area contributed by atoms with E-state index in [1.54, 1.807) is 0 Å². The van der Waals surface area contributed by atoms with Crippen molar-refractivity contribution in [1.82, 2.24) is 4.90 Å². The average Bonchev–Trinajstić information content (AvgIpc) is 2.15. The second-order valence-corrected chi connectivity index (χ2v) is 4.97. The van der Waals surface area contributed by atoms with Gasteiger partial charge < -0.3 is 0 Å². The molecule has 0 amide bonds. The quantitative estimate of drug-likeness (QED) is 0.763. The molecule has 0 atom stereocenters. The van der Waals surface area contributed by atoms with Gasteiger partial charge in [0.25, 0.3) is 0 Å². The number of hydrogen-bond donors (Lipinski definition) is 1. The first-order valence-electron chi connectivity index (χ1n) is 5.55. The van der Waals surface area contributed by atoms with E-state index in [2.05, 4.69) is 63.4 Å². The van der Waals surface area contributed by atoms with Crippen molar-refractivity contribution in [1.29, 1.82) is 0 Å². The van der Waals surface area contributed by atoms with Crippen LogP contribution in [0.4, 0.5) is 0 Å². The minimum absolute atomic E-state index is 0.568. The zero-order valence-corrected chi connectivity index (χ0v) is 11.0. The van der Waals surface area contributed by atoms with Crippen LogP contribution in [0.5, 0.6) is 0 Å². The molecule has 1 aromatic carbocycles. The highest BCUT2D eigenvalue weighted by molar-refractivity contribution is 7.80. The van der Waals surface area contributed by atoms with E-state index in [0.717, 1.165) is 11.4 Å². The number of benzene rings is 1. The summed E-state index contributed by atoms with van der Waals surface area (Å²) in [6.45, 7) is 9.93. The van der Waals surface area contributed by atoms with Gasteiger partial charge in [-0.2, -0.15) is 0 Å². The predicted octanol–water partition coefficient (Wildman–Crippen LogP) is 3.59. The average molecular weight is 223 g/mol. The lowest BCUT2D eigenvalue weighted by molar-refractivity contribution is 0.165. The van der Waals surface area contributed by atoms with Gasteiger partial charge in [-0.1, -0.05) is 18.2 Å². The van der Waals surface area contributed by atoms with E-state index in [-0.39, 0.29) is 0 Å². The molecule has 0 saturated carbocycles. The lowest BCUT2D eigenvalue weighted by atomic mass is 10.1. The number of hydrogen-bond acceptors (Lipinski definition) is 2. The van der Waals surface area contributed by atoms with Gasteiger partial charge in [-0.3, -0.25) is 4.90 Å². The summed E-state index contributed by atoms with van der Waals surface area (Å²) in [6.07, 6.45) is 0. The minimum Gasteiger partial charge on any atom is -0.294 e. The summed E-state index contributed by atoms with van der Waals surface area (Å²) in [5, 5.41) is 0. The van der Waals surface area contributed by atoms with Gasteiger partial charge in [0.05, 0.1) is 0 Å². The van der Waals surface area contributed by atoms with Gasteiger partial charge in [0.1, 0.15) is 0 Å². The van der Waals surface area contributed by atoms with Crippen LogP contribution in [-0.2, 0) is 6.54 Å². The van der Waals surface area contributed by atoms with Crippen LogP contribution < -0.4 is 0 Å². The van der Waals surface area contributed by atoms with Crippen LogP contribution in [0.25, 0.3) is 0 Å². The normalized spacial score (nSPS) is 11.7. The lowest BCUT2D eigenvalue weighted by Crippen LogP contribution is -2.36. The van der Waals surface area contributed by atoms with Gasteiger partial charge in [-0.25, -0.2) is 0 Å². The molecule has 0 bridgehead atoms. The lowest BCUT2D eigenvalue weighted by Gasteiger charge is -2.30. The third-order valence-corrected chi connectivity index (χ3v) is 3.11. The monoisotopic (exact) mass is 223 g/mol. The van der Waals surface area contributed by atoms with Crippen LogP contribution in [0, 0.1) is 0 Å². The molecule has 2 heteroatoms. The van der Waals surface area contributed by atoms with Gasteiger partial charge >= 0.3 is 0 Å². The third kappa shape index (κ3) is 3.54. The highest BCUT2D eigenvalue weighted by Gasteiger charge is 2.14. The van der Waals surface area contributed by atoms with E-state index >= 15 is 0 Å². The van der Waals surface area contributed by atoms with E-state index < -0.39 is 0 Å². The molecule has 0 spiro atoms. The summed E-state index contributed by atoms with van der Waals surface area (Å²) < 4.78 is 0. The molecule has 0 aromatic heterocycles. The van der Waals surface area contributed by atoms with E-state index in [1.807, 2.05) is 6.07 Å². The zero-order chi connectivity index (χ0) is 11.4. The molecule has 0 heterocycles. The van der Waals surface area contributed by atoms with Crippen molar-refractivity contribution in [3.8, 4) is 0 Å². The van der Waals surface area contributed by atoms with Gasteiger partial charge in [-0.05, 0) is 39.3 Å². The Hall–Kier alpha value is -0.470. The van der Waals surface area contributed by atoms with Crippen LogP contribution >= 0.6 is 12.6 Å². The molecule has 1 aromatic rings. The van der Waals surface area contributed by atoms with Crippen molar-refractivity contribution in [3.05, 3.63) is 29.8 Å². The Labute approximate surface area is 98.9 Å². The molecule has 0 aliphatic carbocycles. The van der Waals surface area contributed by atoms with Crippen molar-refractivity contribution >= 4 is 12.6 Å². The first-order valence-corrected chi connectivity index (χ1v) is 5.99. The number of thiol groups is 1. The van der Waals surface area contributed by atoms with Gasteiger partial charge in [-0.15, -0.1) is 12.6 Å². The number of rotatable bonds is 4. The summed E-state index contributed by atoms with van der Waals surface area (Å²) in [7, 11) is 0. The second kappa shape index (κ2) is 5.57. The molecule has 0 radical (unpaired) electrons. The Morgan fingerprint density at radius 3 is 2.07 bits per heavy atom. The second-order valence-electron chi connectivity index (χ2n) is 4.49. The summed E-state index contributed by atoms with van der Waals surface area (Å²) in [6, 6.07) is 9.45. The van der Waals surface area contributed by atoms with Crippen LogP contribution in [0.3, 0.4) is 0 Å². The van der Waals surface area contributed by atoms with Gasteiger partial charge in [0.15, 0.2) is 0 Å². The highest BCUT2D eigenvalue weighted by atomic mass is 32.1. The molecule has 0 aliphatic heterocycles. The Kier molecular flexibility index (Phi) is 4.68. The molecule has 0 unspecified atom stereocenters. The van der Waals surface area contributed by atoms with E-state index in [4.69, 9.17) is 0 Å². The summed E-state index contributed by atoms with van der Waals surface area (Å²) in [5.41, 5.74) is 1.31. The Morgan fingerprint density at radius 2 is 1.60 bits per heavy atom. The molecular weight excluding hydrogens is 202 g/mol. The van der Waals surface area contributed by atoms with Crippen molar-refractivity contribution in [2.75, 3.05) is 0 Å². The molecule has 0 fully saturated rings. The van der Waals surface area contributed by atoms with Crippen molar-refractivity contribution in [3.63, 3.8) is 0 Å². The van der Waals surface area contributed by atoms with Crippen molar-refractivity contribution in [2.24, 2.45) is 0 Å². The van der Waals surface area contributed by atoms with Crippen LogP contribution in [0.1, 0.15) is 33.3 Å².